The van der Waals surface area contributed by atoms with Gasteiger partial charge in [0, 0.05) is 65.3 Å². The van der Waals surface area contributed by atoms with Gasteiger partial charge >= 0.3 is 0 Å². The molecule has 40 heavy (non-hydrogen) atoms. The molecular weight excluding hydrogens is 531 g/mol. The Kier molecular flexibility index (Phi) is 7.15. The normalized spacial score (nSPS) is 14.5. The minimum absolute atomic E-state index is 0.0203. The summed E-state index contributed by atoms with van der Waals surface area (Å²) in [6.07, 6.45) is 1.72. The van der Waals surface area contributed by atoms with E-state index in [1.54, 1.807) is 42.6 Å². The van der Waals surface area contributed by atoms with Crippen LogP contribution in [0.1, 0.15) is 27.0 Å². The Morgan fingerprint density at radius 1 is 1.07 bits per heavy atom. The molecule has 0 unspecified atom stereocenters. The number of hydrogen-bond acceptors (Lipinski definition) is 7. The molecule has 202 valence electrons. The molecule has 6 rings (SSSR count). The van der Waals surface area contributed by atoms with Gasteiger partial charge in [-0.05, 0) is 48.5 Å². The maximum absolute atomic E-state index is 15.1. The van der Waals surface area contributed by atoms with Crippen LogP contribution in [0, 0.1) is 5.82 Å². The van der Waals surface area contributed by atoms with Gasteiger partial charge in [0.25, 0.3) is 5.91 Å². The number of nitrogens with one attached hydrogen (secondary N) is 2. The number of fused-ring (bicyclic) bond motifs is 3. The fraction of sp³-hybridized carbons (Fsp3) is 0.200. The lowest BCUT2D eigenvalue weighted by Crippen LogP contribution is -2.46. The molecule has 1 saturated heterocycles. The summed E-state index contributed by atoms with van der Waals surface area (Å²) in [5.74, 6) is 0.338. The first-order valence-electron chi connectivity index (χ1n) is 12.9. The zero-order valence-corrected chi connectivity index (χ0v) is 22.5. The molecule has 1 amide bonds. The first-order chi connectivity index (χ1) is 19.5. The van der Waals surface area contributed by atoms with E-state index in [0.717, 1.165) is 29.9 Å². The number of piperazine rings is 1. The van der Waals surface area contributed by atoms with Crippen LogP contribution < -0.4 is 15.4 Å². The number of anilines is 2. The van der Waals surface area contributed by atoms with Gasteiger partial charge in [0.05, 0.1) is 30.6 Å². The number of nitrogens with zero attached hydrogens (tertiary/aromatic N) is 4. The van der Waals surface area contributed by atoms with Crippen LogP contribution >= 0.6 is 11.6 Å². The first-order valence-corrected chi connectivity index (χ1v) is 13.3. The number of aliphatic imine (C=N–C) groups is 1. The molecule has 10 heteroatoms. The van der Waals surface area contributed by atoms with E-state index in [2.05, 4.69) is 15.6 Å². The highest BCUT2D eigenvalue weighted by molar-refractivity contribution is 6.31. The zero-order chi connectivity index (χ0) is 27.6. The highest BCUT2D eigenvalue weighted by atomic mass is 35.5. The highest BCUT2D eigenvalue weighted by Crippen LogP contribution is 2.36. The van der Waals surface area contributed by atoms with E-state index in [1.165, 1.54) is 13.2 Å². The number of aromatic nitrogens is 2. The van der Waals surface area contributed by atoms with Crippen molar-refractivity contribution in [1.29, 1.82) is 0 Å². The number of carbonyl (C=O) groups excluding carboxylic acids is 1. The van der Waals surface area contributed by atoms with Crippen molar-refractivity contribution in [1.82, 2.24) is 20.2 Å². The van der Waals surface area contributed by atoms with Crippen molar-refractivity contribution in [2.75, 3.05) is 38.6 Å². The molecular formula is C30H26ClFN6O2. The molecule has 2 aliphatic rings. The molecule has 0 bridgehead atoms. The van der Waals surface area contributed by atoms with Gasteiger partial charge in [0.2, 0.25) is 5.95 Å². The largest absolute Gasteiger partial charge is 0.496 e. The van der Waals surface area contributed by atoms with E-state index in [9.17, 15) is 4.79 Å². The molecule has 0 atom stereocenters. The lowest BCUT2D eigenvalue weighted by molar-refractivity contribution is 0.0736. The Hall–Kier alpha value is -4.34. The maximum atomic E-state index is 15.1. The van der Waals surface area contributed by atoms with Crippen LogP contribution in [0.3, 0.4) is 0 Å². The Morgan fingerprint density at radius 3 is 2.65 bits per heavy atom. The molecule has 0 aliphatic carbocycles. The summed E-state index contributed by atoms with van der Waals surface area (Å²) >= 11 is 6.39. The van der Waals surface area contributed by atoms with Gasteiger partial charge in [-0.1, -0.05) is 23.7 Å². The fourth-order valence-corrected chi connectivity index (χ4v) is 5.15. The molecule has 2 N–H and O–H groups in total. The van der Waals surface area contributed by atoms with Gasteiger partial charge in [-0.15, -0.1) is 0 Å². The summed E-state index contributed by atoms with van der Waals surface area (Å²) in [7, 11) is 1.50. The molecule has 1 fully saturated rings. The molecule has 0 spiro atoms. The Labute approximate surface area is 235 Å². The van der Waals surface area contributed by atoms with Crippen molar-refractivity contribution in [2.45, 2.75) is 6.54 Å². The van der Waals surface area contributed by atoms with Gasteiger partial charge in [0.1, 0.15) is 11.6 Å². The Morgan fingerprint density at radius 2 is 1.88 bits per heavy atom. The van der Waals surface area contributed by atoms with E-state index < -0.39 is 5.82 Å². The first kappa shape index (κ1) is 25.9. The second-order valence-electron chi connectivity index (χ2n) is 9.48. The minimum Gasteiger partial charge on any atom is -0.496 e. The summed E-state index contributed by atoms with van der Waals surface area (Å²) < 4.78 is 20.6. The Bertz CT molecular complexity index is 1620. The smallest absolute Gasteiger partial charge is 0.253 e. The SMILES string of the molecule is COc1cccc(F)c1C1=NCc2cnc(Nc3ccc(C(=O)N4CCNCC4)cc3)nc2-c2ccc(Cl)cc21. The molecule has 4 aromatic rings. The lowest BCUT2D eigenvalue weighted by atomic mass is 9.94. The summed E-state index contributed by atoms with van der Waals surface area (Å²) in [4.78, 5) is 28.7. The quantitative estimate of drug-likeness (QED) is 0.356. The van der Waals surface area contributed by atoms with Crippen molar-refractivity contribution in [3.05, 3.63) is 100.0 Å². The topological polar surface area (TPSA) is 91.7 Å². The predicted octanol–water partition coefficient (Wildman–Crippen LogP) is 5.08. The van der Waals surface area contributed by atoms with Gasteiger partial charge in [-0.3, -0.25) is 9.79 Å². The van der Waals surface area contributed by atoms with E-state index >= 15 is 4.39 Å². The summed E-state index contributed by atoms with van der Waals surface area (Å²) in [6.45, 7) is 3.25. The third kappa shape index (κ3) is 5.01. The van der Waals surface area contributed by atoms with Crippen molar-refractivity contribution >= 4 is 34.9 Å². The molecule has 3 heterocycles. The van der Waals surface area contributed by atoms with E-state index in [0.29, 0.717) is 52.3 Å². The van der Waals surface area contributed by atoms with Crippen LogP contribution in [0.2, 0.25) is 5.02 Å². The van der Waals surface area contributed by atoms with Crippen LogP contribution in [0.4, 0.5) is 16.0 Å². The standard InChI is InChI=1S/C30H26ClFN6O2/c1-40-25-4-2-3-24(32)26(25)28-23-15-20(31)7-10-22(23)27-19(16-34-28)17-35-30(37-27)36-21-8-5-18(6-9-21)29(39)38-13-11-33-12-14-38/h2-10,15,17,33H,11-14,16H2,1H3,(H,35,36,37). The monoisotopic (exact) mass is 556 g/mol. The third-order valence-corrected chi connectivity index (χ3v) is 7.22. The van der Waals surface area contributed by atoms with Crippen molar-refractivity contribution in [2.24, 2.45) is 4.99 Å². The van der Waals surface area contributed by atoms with Gasteiger partial charge in [-0.2, -0.15) is 0 Å². The van der Waals surface area contributed by atoms with Gasteiger partial charge in [0.15, 0.2) is 0 Å². The van der Waals surface area contributed by atoms with Crippen molar-refractivity contribution < 1.29 is 13.9 Å². The van der Waals surface area contributed by atoms with Crippen molar-refractivity contribution in [3.8, 4) is 17.0 Å². The summed E-state index contributed by atoms with van der Waals surface area (Å²) in [5, 5.41) is 6.98. The van der Waals surface area contributed by atoms with Crippen LogP contribution in [0.5, 0.6) is 5.75 Å². The molecule has 0 saturated carbocycles. The fourth-order valence-electron chi connectivity index (χ4n) is 4.98. The number of amides is 1. The van der Waals surface area contributed by atoms with Crippen LogP contribution in [-0.4, -0.2) is 59.8 Å². The average Bonchev–Trinajstić information content (AvgIpc) is 3.13. The molecule has 2 aliphatic heterocycles. The maximum Gasteiger partial charge on any atom is 0.253 e. The summed E-state index contributed by atoms with van der Waals surface area (Å²) in [6, 6.07) is 17.4. The highest BCUT2D eigenvalue weighted by Gasteiger charge is 2.25. The van der Waals surface area contributed by atoms with Crippen LogP contribution in [0.25, 0.3) is 11.3 Å². The van der Waals surface area contributed by atoms with E-state index in [4.69, 9.17) is 26.3 Å². The minimum atomic E-state index is -0.442. The number of benzene rings is 3. The van der Waals surface area contributed by atoms with Crippen molar-refractivity contribution in [3.63, 3.8) is 0 Å². The van der Waals surface area contributed by atoms with E-state index in [-0.39, 0.29) is 18.0 Å². The predicted molar refractivity (Wildman–Crippen MR) is 153 cm³/mol. The number of halogens is 2. The molecule has 0 radical (unpaired) electrons. The molecule has 3 aromatic carbocycles. The second kappa shape index (κ2) is 11.0. The molecule has 8 nitrogen and oxygen atoms in total. The lowest BCUT2D eigenvalue weighted by Gasteiger charge is -2.27. The number of methoxy groups -OCH3 is 1. The Balaban J connectivity index is 1.32. The number of ether oxygens (including phenoxy) is 1. The second-order valence-corrected chi connectivity index (χ2v) is 9.92. The van der Waals surface area contributed by atoms with Crippen LogP contribution in [0.15, 0.2) is 71.9 Å². The zero-order valence-electron chi connectivity index (χ0n) is 21.7. The van der Waals surface area contributed by atoms with Gasteiger partial charge in [-0.25, -0.2) is 14.4 Å². The number of carbonyl (C=O) groups is 1. The van der Waals surface area contributed by atoms with Gasteiger partial charge < -0.3 is 20.3 Å². The number of rotatable bonds is 5. The molecule has 1 aromatic heterocycles. The average molecular weight is 557 g/mol. The summed E-state index contributed by atoms with van der Waals surface area (Å²) in [5.41, 5.74) is 4.94. The van der Waals surface area contributed by atoms with Crippen LogP contribution in [-0.2, 0) is 6.54 Å². The number of hydrogen-bond donors (Lipinski definition) is 2. The van der Waals surface area contributed by atoms with E-state index in [1.807, 2.05) is 23.1 Å². The third-order valence-electron chi connectivity index (χ3n) is 6.99.